The van der Waals surface area contributed by atoms with E-state index in [9.17, 15) is 4.79 Å². The van der Waals surface area contributed by atoms with E-state index in [1.165, 1.54) is 6.08 Å². The van der Waals surface area contributed by atoms with Crippen LogP contribution < -0.4 is 0 Å². The minimum absolute atomic E-state index is 0.499. The molecule has 0 fully saturated rings. The van der Waals surface area contributed by atoms with Crippen molar-refractivity contribution in [3.63, 3.8) is 0 Å². The average Bonchev–Trinajstić information content (AvgIpc) is 2.53. The smallest absolute Gasteiger partial charge is 0.234 e. The number of aryl methyl sites for hydroxylation is 1. The highest BCUT2D eigenvalue weighted by atomic mass is 16.1. The van der Waals surface area contributed by atoms with E-state index in [-0.39, 0.29) is 0 Å². The van der Waals surface area contributed by atoms with Crippen LogP contribution in [0.3, 0.4) is 0 Å². The van der Waals surface area contributed by atoms with Crippen molar-refractivity contribution in [2.24, 2.45) is 4.99 Å². The van der Waals surface area contributed by atoms with E-state index in [4.69, 9.17) is 0 Å². The number of carbonyl (C=O) groups excluding carboxylic acids is 1. The summed E-state index contributed by atoms with van der Waals surface area (Å²) in [4.78, 5) is 13.2. The summed E-state index contributed by atoms with van der Waals surface area (Å²) in [5.41, 5.74) is 1.11. The van der Waals surface area contributed by atoms with E-state index in [2.05, 4.69) is 10.1 Å². The molecule has 1 rings (SSSR count). The molecule has 1 aromatic rings. The molecule has 0 aliphatic carbocycles. The molecule has 1 aromatic heterocycles. The van der Waals surface area contributed by atoms with E-state index in [0.29, 0.717) is 6.54 Å². The Morgan fingerprint density at radius 2 is 2.58 bits per heavy atom. The summed E-state index contributed by atoms with van der Waals surface area (Å²) in [5, 5.41) is 4.09. The van der Waals surface area contributed by atoms with E-state index in [1.54, 1.807) is 6.20 Å². The maximum atomic E-state index is 9.74. The van der Waals surface area contributed by atoms with Crippen LogP contribution in [0.2, 0.25) is 0 Å². The van der Waals surface area contributed by atoms with Gasteiger partial charge in [-0.2, -0.15) is 5.10 Å². The van der Waals surface area contributed by atoms with Gasteiger partial charge in [-0.05, 0) is 18.9 Å². The Morgan fingerprint density at radius 1 is 1.75 bits per heavy atom. The monoisotopic (exact) mass is 165 g/mol. The number of isocyanates is 1. The molecule has 0 spiro atoms. The van der Waals surface area contributed by atoms with Crippen molar-refractivity contribution in [2.45, 2.75) is 19.9 Å². The molecule has 0 saturated heterocycles. The second-order valence-corrected chi connectivity index (χ2v) is 2.43. The number of rotatable bonds is 4. The predicted molar refractivity (Wildman–Crippen MR) is 44.6 cm³/mol. The van der Waals surface area contributed by atoms with E-state index >= 15 is 0 Å². The summed E-state index contributed by atoms with van der Waals surface area (Å²) in [6.45, 7) is 3.40. The van der Waals surface area contributed by atoms with Crippen molar-refractivity contribution < 1.29 is 4.79 Å². The Balaban J connectivity index is 2.46. The van der Waals surface area contributed by atoms with Gasteiger partial charge >= 0.3 is 0 Å². The topological polar surface area (TPSA) is 47.2 Å². The van der Waals surface area contributed by atoms with E-state index in [0.717, 1.165) is 18.5 Å². The first-order valence-electron chi connectivity index (χ1n) is 3.91. The highest BCUT2D eigenvalue weighted by Crippen LogP contribution is 1.98. The number of hydrogen-bond acceptors (Lipinski definition) is 3. The largest absolute Gasteiger partial charge is 0.273 e. The predicted octanol–water partition coefficient (Wildman–Crippen LogP) is 0.781. The van der Waals surface area contributed by atoms with Gasteiger partial charge in [0.05, 0.1) is 12.7 Å². The minimum atomic E-state index is 0.499. The fourth-order valence-corrected chi connectivity index (χ4v) is 0.939. The van der Waals surface area contributed by atoms with Crippen LogP contribution in [-0.4, -0.2) is 22.4 Å². The van der Waals surface area contributed by atoms with Crippen LogP contribution in [-0.2, 0) is 17.8 Å². The Bertz CT molecular complexity index is 286. The van der Waals surface area contributed by atoms with Gasteiger partial charge in [0.25, 0.3) is 0 Å². The first-order valence-corrected chi connectivity index (χ1v) is 3.91. The lowest BCUT2D eigenvalue weighted by atomic mass is 10.3. The molecular formula is C8H11N3O. The molecule has 0 N–H and O–H groups in total. The third kappa shape index (κ3) is 2.32. The highest BCUT2D eigenvalue weighted by Gasteiger charge is 1.95. The van der Waals surface area contributed by atoms with Gasteiger partial charge in [0, 0.05) is 12.7 Å². The van der Waals surface area contributed by atoms with Gasteiger partial charge in [0.2, 0.25) is 6.08 Å². The molecule has 64 valence electrons. The first kappa shape index (κ1) is 8.68. The lowest BCUT2D eigenvalue weighted by Gasteiger charge is -1.90. The summed E-state index contributed by atoms with van der Waals surface area (Å²) in [7, 11) is 0. The van der Waals surface area contributed by atoms with Crippen molar-refractivity contribution in [2.75, 3.05) is 6.54 Å². The van der Waals surface area contributed by atoms with Crippen LogP contribution in [0, 0.1) is 0 Å². The van der Waals surface area contributed by atoms with E-state index < -0.39 is 0 Å². The summed E-state index contributed by atoms with van der Waals surface area (Å²) >= 11 is 0. The molecule has 0 aliphatic heterocycles. The molecule has 4 heteroatoms. The molecule has 0 atom stereocenters. The first-order chi connectivity index (χ1) is 5.86. The number of aromatic nitrogens is 2. The van der Waals surface area contributed by atoms with Crippen LogP contribution in [0.25, 0.3) is 0 Å². The molecule has 0 unspecified atom stereocenters. The normalized spacial score (nSPS) is 9.42. The summed E-state index contributed by atoms with van der Waals surface area (Å²) < 4.78 is 1.85. The molecule has 0 saturated carbocycles. The van der Waals surface area contributed by atoms with Crippen LogP contribution in [0.4, 0.5) is 0 Å². The van der Waals surface area contributed by atoms with E-state index in [1.807, 2.05) is 17.8 Å². The molecule has 0 amide bonds. The quantitative estimate of drug-likeness (QED) is 0.489. The maximum absolute atomic E-state index is 9.74. The Labute approximate surface area is 70.9 Å². The fraction of sp³-hybridized carbons (Fsp3) is 0.500. The molecule has 0 radical (unpaired) electrons. The zero-order valence-corrected chi connectivity index (χ0v) is 7.03. The van der Waals surface area contributed by atoms with Gasteiger partial charge in [0.15, 0.2) is 0 Å². The van der Waals surface area contributed by atoms with Gasteiger partial charge in [0.1, 0.15) is 0 Å². The van der Waals surface area contributed by atoms with Gasteiger partial charge < -0.3 is 0 Å². The molecule has 1 heterocycles. The second-order valence-electron chi connectivity index (χ2n) is 2.43. The molecular weight excluding hydrogens is 154 g/mol. The van der Waals surface area contributed by atoms with Crippen molar-refractivity contribution in [1.82, 2.24) is 9.78 Å². The highest BCUT2D eigenvalue weighted by molar-refractivity contribution is 5.32. The zero-order chi connectivity index (χ0) is 8.81. The molecule has 0 bridgehead atoms. The zero-order valence-electron chi connectivity index (χ0n) is 7.03. The van der Waals surface area contributed by atoms with Gasteiger partial charge in [-0.3, -0.25) is 4.68 Å². The van der Waals surface area contributed by atoms with Crippen LogP contribution in [0.1, 0.15) is 12.5 Å². The third-order valence-electron chi connectivity index (χ3n) is 1.59. The van der Waals surface area contributed by atoms with Gasteiger partial charge in [-0.1, -0.05) is 0 Å². The van der Waals surface area contributed by atoms with Gasteiger partial charge in [-0.25, -0.2) is 9.79 Å². The minimum Gasteiger partial charge on any atom is -0.273 e. The maximum Gasteiger partial charge on any atom is 0.234 e. The standard InChI is InChI=1S/C8H11N3O/c1-2-11-6-8(5-10-11)3-4-9-7-12/h5-6H,2-4H2,1H3. The second kappa shape index (κ2) is 4.46. The Kier molecular flexibility index (Phi) is 3.23. The fourth-order valence-electron chi connectivity index (χ4n) is 0.939. The SMILES string of the molecule is CCn1cc(CCN=C=O)cn1. The number of aliphatic imine (C=N–C) groups is 1. The molecule has 0 aromatic carbocycles. The lowest BCUT2D eigenvalue weighted by Crippen LogP contribution is -1.92. The summed E-state index contributed by atoms with van der Waals surface area (Å²) in [6, 6.07) is 0. The summed E-state index contributed by atoms with van der Waals surface area (Å²) in [5.74, 6) is 0. The molecule has 4 nitrogen and oxygen atoms in total. The van der Waals surface area contributed by atoms with Crippen molar-refractivity contribution >= 4 is 6.08 Å². The average molecular weight is 165 g/mol. The third-order valence-corrected chi connectivity index (χ3v) is 1.59. The number of nitrogens with zero attached hydrogens (tertiary/aromatic N) is 3. The van der Waals surface area contributed by atoms with Crippen LogP contribution in [0.15, 0.2) is 17.4 Å². The van der Waals surface area contributed by atoms with Crippen LogP contribution >= 0.6 is 0 Å². The van der Waals surface area contributed by atoms with Crippen molar-refractivity contribution in [1.29, 1.82) is 0 Å². The summed E-state index contributed by atoms with van der Waals surface area (Å²) in [6.07, 6.45) is 6.02. The molecule has 0 aliphatic rings. The Morgan fingerprint density at radius 3 is 3.17 bits per heavy atom. The van der Waals surface area contributed by atoms with Crippen molar-refractivity contribution in [3.8, 4) is 0 Å². The Hall–Kier alpha value is -1.41. The van der Waals surface area contributed by atoms with Gasteiger partial charge in [-0.15, -0.1) is 0 Å². The molecule has 12 heavy (non-hydrogen) atoms. The number of hydrogen-bond donors (Lipinski definition) is 0. The van der Waals surface area contributed by atoms with Crippen molar-refractivity contribution in [3.05, 3.63) is 18.0 Å². The van der Waals surface area contributed by atoms with Crippen LogP contribution in [0.5, 0.6) is 0 Å². The lowest BCUT2D eigenvalue weighted by molar-refractivity contribution is 0.563.